The first kappa shape index (κ1) is 10.2. The maximum atomic E-state index is 11.2. The SMILES string of the molecule is O=C(O)[C@@](O)(c1ccco1)C1CCCC1. The molecular formula is C11H14O4. The smallest absolute Gasteiger partial charge is 0.344 e. The van der Waals surface area contributed by atoms with Crippen molar-refractivity contribution >= 4 is 5.97 Å². The molecule has 2 N–H and O–H groups in total. The van der Waals surface area contributed by atoms with Crippen LogP contribution in [0, 0.1) is 5.92 Å². The van der Waals surface area contributed by atoms with E-state index in [1.165, 1.54) is 12.3 Å². The second kappa shape index (κ2) is 3.70. The van der Waals surface area contributed by atoms with Crippen LogP contribution < -0.4 is 0 Å². The Labute approximate surface area is 87.5 Å². The second-order valence-corrected chi connectivity index (χ2v) is 4.03. The molecule has 4 heteroatoms. The average molecular weight is 210 g/mol. The monoisotopic (exact) mass is 210 g/mol. The van der Waals surface area contributed by atoms with Gasteiger partial charge in [-0.1, -0.05) is 12.8 Å². The van der Waals surface area contributed by atoms with Crippen molar-refractivity contribution in [3.05, 3.63) is 24.2 Å². The zero-order valence-electron chi connectivity index (χ0n) is 8.35. The molecule has 0 aliphatic heterocycles. The van der Waals surface area contributed by atoms with Crippen molar-refractivity contribution in [3.63, 3.8) is 0 Å². The number of carboxylic acids is 1. The predicted octanol–water partition coefficient (Wildman–Crippen LogP) is 1.74. The van der Waals surface area contributed by atoms with Crippen LogP contribution in [0.2, 0.25) is 0 Å². The summed E-state index contributed by atoms with van der Waals surface area (Å²) in [5.74, 6) is -1.31. The maximum absolute atomic E-state index is 11.2. The fourth-order valence-corrected chi connectivity index (χ4v) is 2.32. The van der Waals surface area contributed by atoms with E-state index in [1.54, 1.807) is 6.07 Å². The van der Waals surface area contributed by atoms with Crippen LogP contribution in [0.3, 0.4) is 0 Å². The lowest BCUT2D eigenvalue weighted by molar-refractivity contribution is -0.169. The third-order valence-electron chi connectivity index (χ3n) is 3.17. The van der Waals surface area contributed by atoms with E-state index in [-0.39, 0.29) is 11.7 Å². The zero-order chi connectivity index (χ0) is 10.9. The van der Waals surface area contributed by atoms with Crippen LogP contribution in [-0.2, 0) is 10.4 Å². The molecule has 0 unspecified atom stereocenters. The molecule has 15 heavy (non-hydrogen) atoms. The molecule has 1 saturated carbocycles. The summed E-state index contributed by atoms with van der Waals surface area (Å²) in [4.78, 5) is 11.2. The average Bonchev–Trinajstić information content (AvgIpc) is 2.89. The highest BCUT2D eigenvalue weighted by Crippen LogP contribution is 2.40. The van der Waals surface area contributed by atoms with Crippen molar-refractivity contribution in [1.29, 1.82) is 0 Å². The van der Waals surface area contributed by atoms with Gasteiger partial charge in [-0.2, -0.15) is 0 Å². The predicted molar refractivity (Wildman–Crippen MR) is 52.2 cm³/mol. The van der Waals surface area contributed by atoms with Gasteiger partial charge in [0.2, 0.25) is 5.60 Å². The molecule has 2 rings (SSSR count). The number of hydrogen-bond acceptors (Lipinski definition) is 3. The Balaban J connectivity index is 2.35. The summed E-state index contributed by atoms with van der Waals surface area (Å²) >= 11 is 0. The van der Waals surface area contributed by atoms with Crippen molar-refractivity contribution in [2.24, 2.45) is 5.92 Å². The van der Waals surface area contributed by atoms with Crippen LogP contribution in [0.1, 0.15) is 31.4 Å². The molecule has 1 fully saturated rings. The van der Waals surface area contributed by atoms with Gasteiger partial charge in [0, 0.05) is 5.92 Å². The minimum atomic E-state index is -1.85. The summed E-state index contributed by atoms with van der Waals surface area (Å²) in [7, 11) is 0. The topological polar surface area (TPSA) is 70.7 Å². The zero-order valence-corrected chi connectivity index (χ0v) is 8.35. The van der Waals surface area contributed by atoms with Crippen molar-refractivity contribution in [2.75, 3.05) is 0 Å². The van der Waals surface area contributed by atoms with E-state index < -0.39 is 11.6 Å². The summed E-state index contributed by atoms with van der Waals surface area (Å²) in [5, 5.41) is 19.4. The molecule has 1 aromatic heterocycles. The van der Waals surface area contributed by atoms with E-state index >= 15 is 0 Å². The number of carboxylic acid groups (broad SMARTS) is 1. The standard InChI is InChI=1S/C11H14O4/c12-10(13)11(14,8-4-1-2-5-8)9-6-3-7-15-9/h3,6-8,14H,1-2,4-5H2,(H,12,13)/t11-/m0/s1. The third-order valence-corrected chi connectivity index (χ3v) is 3.17. The Morgan fingerprint density at radius 3 is 2.60 bits per heavy atom. The van der Waals surface area contributed by atoms with Crippen LogP contribution in [0.15, 0.2) is 22.8 Å². The van der Waals surface area contributed by atoms with Crippen molar-refractivity contribution in [1.82, 2.24) is 0 Å². The highest BCUT2D eigenvalue weighted by molar-refractivity contribution is 5.78. The first-order chi connectivity index (χ1) is 7.15. The highest BCUT2D eigenvalue weighted by atomic mass is 16.4. The number of aliphatic carboxylic acids is 1. The minimum Gasteiger partial charge on any atom is -0.479 e. The molecule has 1 aliphatic carbocycles. The lowest BCUT2D eigenvalue weighted by Gasteiger charge is -2.27. The molecule has 1 atom stereocenters. The van der Waals surface area contributed by atoms with Gasteiger partial charge in [-0.25, -0.2) is 4.79 Å². The van der Waals surface area contributed by atoms with Gasteiger partial charge in [-0.05, 0) is 25.0 Å². The molecule has 1 aliphatic rings. The van der Waals surface area contributed by atoms with E-state index in [0.717, 1.165) is 25.7 Å². The fraction of sp³-hybridized carbons (Fsp3) is 0.545. The van der Waals surface area contributed by atoms with Gasteiger partial charge in [0.15, 0.2) is 0 Å². The van der Waals surface area contributed by atoms with Crippen LogP contribution in [0.25, 0.3) is 0 Å². The van der Waals surface area contributed by atoms with Crippen LogP contribution in [-0.4, -0.2) is 16.2 Å². The van der Waals surface area contributed by atoms with E-state index in [0.29, 0.717) is 0 Å². The highest BCUT2D eigenvalue weighted by Gasteiger charge is 2.48. The Kier molecular flexibility index (Phi) is 2.52. The number of hydrogen-bond donors (Lipinski definition) is 2. The van der Waals surface area contributed by atoms with Crippen LogP contribution in [0.4, 0.5) is 0 Å². The van der Waals surface area contributed by atoms with Gasteiger partial charge in [0.25, 0.3) is 0 Å². The molecule has 0 radical (unpaired) electrons. The van der Waals surface area contributed by atoms with Gasteiger partial charge >= 0.3 is 5.97 Å². The first-order valence-electron chi connectivity index (χ1n) is 5.15. The summed E-state index contributed by atoms with van der Waals surface area (Å²) in [6, 6.07) is 3.12. The van der Waals surface area contributed by atoms with Gasteiger partial charge in [0.1, 0.15) is 5.76 Å². The second-order valence-electron chi connectivity index (χ2n) is 4.03. The molecule has 0 aromatic carbocycles. The maximum Gasteiger partial charge on any atom is 0.344 e. The summed E-state index contributed by atoms with van der Waals surface area (Å²) in [6.45, 7) is 0. The van der Waals surface area contributed by atoms with E-state index in [1.807, 2.05) is 0 Å². The molecule has 82 valence electrons. The Hall–Kier alpha value is -1.29. The van der Waals surface area contributed by atoms with E-state index in [4.69, 9.17) is 9.52 Å². The summed E-state index contributed by atoms with van der Waals surface area (Å²) in [5.41, 5.74) is -1.85. The van der Waals surface area contributed by atoms with Gasteiger partial charge < -0.3 is 14.6 Å². The van der Waals surface area contributed by atoms with Gasteiger partial charge in [-0.3, -0.25) is 0 Å². The van der Waals surface area contributed by atoms with Gasteiger partial charge in [0.05, 0.1) is 6.26 Å². The Morgan fingerprint density at radius 1 is 1.47 bits per heavy atom. The molecule has 0 saturated heterocycles. The van der Waals surface area contributed by atoms with E-state index in [9.17, 15) is 9.90 Å². The number of aliphatic hydroxyl groups is 1. The van der Waals surface area contributed by atoms with Gasteiger partial charge in [-0.15, -0.1) is 0 Å². The van der Waals surface area contributed by atoms with Crippen molar-refractivity contribution < 1.29 is 19.4 Å². The fourth-order valence-electron chi connectivity index (χ4n) is 2.32. The molecule has 0 bridgehead atoms. The Morgan fingerprint density at radius 2 is 2.13 bits per heavy atom. The minimum absolute atomic E-state index is 0.141. The first-order valence-corrected chi connectivity index (χ1v) is 5.15. The number of rotatable bonds is 3. The quantitative estimate of drug-likeness (QED) is 0.797. The van der Waals surface area contributed by atoms with Crippen molar-refractivity contribution in [3.8, 4) is 0 Å². The number of furan rings is 1. The molecule has 0 amide bonds. The molecule has 0 spiro atoms. The summed E-state index contributed by atoms with van der Waals surface area (Å²) < 4.78 is 5.04. The van der Waals surface area contributed by atoms with Crippen LogP contribution in [0.5, 0.6) is 0 Å². The third kappa shape index (κ3) is 1.55. The van der Waals surface area contributed by atoms with E-state index in [2.05, 4.69) is 0 Å². The molecule has 1 aromatic rings. The van der Waals surface area contributed by atoms with Crippen molar-refractivity contribution in [2.45, 2.75) is 31.3 Å². The number of carbonyl (C=O) groups is 1. The Bertz CT molecular complexity index is 337. The molecular weight excluding hydrogens is 196 g/mol. The largest absolute Gasteiger partial charge is 0.479 e. The lowest BCUT2D eigenvalue weighted by atomic mass is 9.84. The summed E-state index contributed by atoms with van der Waals surface area (Å²) in [6.07, 6.45) is 4.81. The normalized spacial score (nSPS) is 21.4. The lowest BCUT2D eigenvalue weighted by Crippen LogP contribution is -2.41. The molecule has 1 heterocycles. The van der Waals surface area contributed by atoms with Crippen LogP contribution >= 0.6 is 0 Å². The molecule has 4 nitrogen and oxygen atoms in total.